The van der Waals surface area contributed by atoms with Crippen LogP contribution in [0.1, 0.15) is 52.4 Å². The van der Waals surface area contributed by atoms with Crippen LogP contribution in [-0.2, 0) is 13.8 Å². The maximum atomic E-state index is 13.2. The summed E-state index contributed by atoms with van der Waals surface area (Å²) < 4.78 is 36.2. The van der Waals surface area contributed by atoms with E-state index in [1.807, 2.05) is 36.4 Å². The predicted molar refractivity (Wildman–Crippen MR) is 129 cm³/mol. The average molecular weight is 513 g/mol. The molecule has 0 N–H and O–H groups in total. The Kier molecular flexibility index (Phi) is 12.3. The minimum Gasteiger partial charge on any atom is -0.395 e. The molecule has 0 spiro atoms. The molecule has 2 aromatic carbocycles. The zero-order valence-corrected chi connectivity index (χ0v) is 20.9. The van der Waals surface area contributed by atoms with Crippen LogP contribution in [0.5, 0.6) is 11.5 Å². The lowest BCUT2D eigenvalue weighted by Crippen LogP contribution is -2.24. The zero-order chi connectivity index (χ0) is 22.4. The first-order valence-electron chi connectivity index (χ1n) is 11.1. The Hall–Kier alpha value is -1.33. The molecule has 0 aliphatic heterocycles. The second-order valence-electron chi connectivity index (χ2n) is 7.30. The predicted octanol–water partition coefficient (Wildman–Crippen LogP) is 7.80. The highest BCUT2D eigenvalue weighted by atomic mass is 79.9. The summed E-state index contributed by atoms with van der Waals surface area (Å²) in [6.45, 7) is 5.25. The number of para-hydroxylation sites is 2. The molecule has 31 heavy (non-hydrogen) atoms. The summed E-state index contributed by atoms with van der Waals surface area (Å²) in [7, 11) is -3.81. The van der Waals surface area contributed by atoms with Crippen molar-refractivity contribution >= 4 is 23.8 Å². The van der Waals surface area contributed by atoms with Gasteiger partial charge in [0.2, 0.25) is 0 Å². The second-order valence-corrected chi connectivity index (χ2v) is 9.99. The summed E-state index contributed by atoms with van der Waals surface area (Å²) in [4.78, 5) is 0.382. The van der Waals surface area contributed by atoms with Gasteiger partial charge in [0.1, 0.15) is 11.5 Å². The minimum atomic E-state index is -3.81. The van der Waals surface area contributed by atoms with E-state index in [9.17, 15) is 4.57 Å². The number of phosphoric acid groups is 1. The van der Waals surface area contributed by atoms with Gasteiger partial charge in [-0.1, -0.05) is 79.0 Å². The van der Waals surface area contributed by atoms with Gasteiger partial charge in [-0.25, -0.2) is 4.57 Å². The van der Waals surface area contributed by atoms with E-state index >= 15 is 0 Å². The van der Waals surface area contributed by atoms with Crippen LogP contribution in [0.3, 0.4) is 0 Å². The van der Waals surface area contributed by atoms with Crippen LogP contribution < -0.4 is 9.05 Å². The number of ether oxygens (including phenoxy) is 1. The highest BCUT2D eigenvalue weighted by molar-refractivity contribution is 9.09. The maximum absolute atomic E-state index is 13.2. The van der Waals surface area contributed by atoms with Crippen molar-refractivity contribution in [3.63, 3.8) is 0 Å². The summed E-state index contributed by atoms with van der Waals surface area (Å²) in [6, 6.07) is 17.8. The third-order valence-corrected chi connectivity index (χ3v) is 7.00. The highest BCUT2D eigenvalue weighted by Gasteiger charge is 2.30. The molecular formula is C24H34BrO5P. The number of alkyl halides is 1. The summed E-state index contributed by atoms with van der Waals surface area (Å²) in [6.07, 6.45) is 6.09. The van der Waals surface area contributed by atoms with Gasteiger partial charge in [0.15, 0.2) is 0 Å². The van der Waals surface area contributed by atoms with Crippen molar-refractivity contribution in [2.75, 3.05) is 13.2 Å². The molecule has 0 saturated carbocycles. The van der Waals surface area contributed by atoms with E-state index in [0.717, 1.165) is 32.1 Å². The number of unbranched alkanes of at least 4 members (excludes halogenated alkanes) is 1. The van der Waals surface area contributed by atoms with Crippen molar-refractivity contribution in [3.8, 4) is 11.5 Å². The van der Waals surface area contributed by atoms with E-state index in [0.29, 0.717) is 29.4 Å². The lowest BCUT2D eigenvalue weighted by molar-refractivity contribution is 0.0409. The van der Waals surface area contributed by atoms with E-state index in [1.165, 1.54) is 0 Å². The number of hydrogen-bond donors (Lipinski definition) is 0. The second kappa shape index (κ2) is 14.7. The minimum absolute atomic E-state index is 0.222. The van der Waals surface area contributed by atoms with Gasteiger partial charge in [-0.3, -0.25) is 4.52 Å². The van der Waals surface area contributed by atoms with Crippen LogP contribution in [0, 0.1) is 0 Å². The van der Waals surface area contributed by atoms with Gasteiger partial charge in [0, 0.05) is 11.4 Å². The molecule has 7 heteroatoms. The molecule has 0 unspecified atom stereocenters. The molecule has 0 saturated heterocycles. The van der Waals surface area contributed by atoms with Gasteiger partial charge in [-0.2, -0.15) is 0 Å². The topological polar surface area (TPSA) is 54.0 Å². The molecule has 0 bridgehead atoms. The molecular weight excluding hydrogens is 479 g/mol. The van der Waals surface area contributed by atoms with Crippen LogP contribution >= 0.6 is 23.8 Å². The lowest BCUT2D eigenvalue weighted by atomic mass is 10.1. The molecule has 0 aliphatic rings. The van der Waals surface area contributed by atoms with Crippen molar-refractivity contribution in [2.45, 2.75) is 63.3 Å². The van der Waals surface area contributed by atoms with Gasteiger partial charge in [0.05, 0.1) is 12.7 Å². The van der Waals surface area contributed by atoms with Gasteiger partial charge < -0.3 is 13.8 Å². The molecule has 0 aromatic heterocycles. The van der Waals surface area contributed by atoms with E-state index in [1.54, 1.807) is 24.3 Å². The fourth-order valence-electron chi connectivity index (χ4n) is 3.02. The molecule has 2 atom stereocenters. The van der Waals surface area contributed by atoms with Crippen molar-refractivity contribution < 1.29 is 22.9 Å². The fourth-order valence-corrected chi connectivity index (χ4v) is 5.15. The molecule has 5 nitrogen and oxygen atoms in total. The Morgan fingerprint density at radius 2 is 1.32 bits per heavy atom. The van der Waals surface area contributed by atoms with Gasteiger partial charge in [0.25, 0.3) is 0 Å². The highest BCUT2D eigenvalue weighted by Crippen LogP contribution is 2.49. The Balaban J connectivity index is 1.83. The number of hydrogen-bond acceptors (Lipinski definition) is 5. The molecule has 0 radical (unpaired) electrons. The standard InChI is InChI=1S/C24H34BrO5P/c1-3-13-23(25)24(14-4-2)27-19-11-12-20-28-31(26,29-21-15-7-5-8-16-21)30-22-17-9-6-10-18-22/h5-10,15-18,23-24H,3-4,11-14,19-20H2,1-2H3/t23-,24+/m0/s1. The van der Waals surface area contributed by atoms with E-state index in [2.05, 4.69) is 29.8 Å². The monoisotopic (exact) mass is 512 g/mol. The number of phosphoric ester groups is 1. The molecule has 0 aliphatic carbocycles. The van der Waals surface area contributed by atoms with E-state index in [4.69, 9.17) is 18.3 Å². The van der Waals surface area contributed by atoms with Gasteiger partial charge in [-0.15, -0.1) is 0 Å². The summed E-state index contributed by atoms with van der Waals surface area (Å²) in [5.74, 6) is 0.874. The maximum Gasteiger partial charge on any atom is 0.587 e. The summed E-state index contributed by atoms with van der Waals surface area (Å²) in [5, 5.41) is 0. The normalized spacial score (nSPS) is 13.5. The van der Waals surface area contributed by atoms with Crippen molar-refractivity contribution in [3.05, 3.63) is 60.7 Å². The molecule has 0 amide bonds. The zero-order valence-electron chi connectivity index (χ0n) is 18.5. The molecule has 0 fully saturated rings. The number of benzene rings is 2. The van der Waals surface area contributed by atoms with Crippen LogP contribution in [0.2, 0.25) is 0 Å². The molecule has 2 rings (SSSR count). The third kappa shape index (κ3) is 10.2. The molecule has 0 heterocycles. The van der Waals surface area contributed by atoms with Gasteiger partial charge in [-0.05, 0) is 49.9 Å². The largest absolute Gasteiger partial charge is 0.587 e. The van der Waals surface area contributed by atoms with E-state index < -0.39 is 7.82 Å². The molecule has 2 aromatic rings. The smallest absolute Gasteiger partial charge is 0.395 e. The molecule has 172 valence electrons. The first-order chi connectivity index (χ1) is 15.1. The van der Waals surface area contributed by atoms with Crippen molar-refractivity contribution in [1.82, 2.24) is 0 Å². The Bertz CT molecular complexity index is 714. The third-order valence-electron chi connectivity index (χ3n) is 4.58. The van der Waals surface area contributed by atoms with Gasteiger partial charge >= 0.3 is 7.82 Å². The average Bonchev–Trinajstić information content (AvgIpc) is 2.76. The first-order valence-corrected chi connectivity index (χ1v) is 13.4. The summed E-state index contributed by atoms with van der Waals surface area (Å²) in [5.41, 5.74) is 0. The summed E-state index contributed by atoms with van der Waals surface area (Å²) >= 11 is 3.76. The fraction of sp³-hybridized carbons (Fsp3) is 0.500. The number of rotatable bonds is 16. The van der Waals surface area contributed by atoms with Crippen LogP contribution in [0.15, 0.2) is 60.7 Å². The van der Waals surface area contributed by atoms with E-state index in [-0.39, 0.29) is 12.7 Å². The van der Waals surface area contributed by atoms with Crippen LogP contribution in [-0.4, -0.2) is 24.1 Å². The van der Waals surface area contributed by atoms with Crippen LogP contribution in [0.25, 0.3) is 0 Å². The first kappa shape index (κ1) is 25.9. The Labute approximate surface area is 195 Å². The van der Waals surface area contributed by atoms with Crippen LogP contribution in [0.4, 0.5) is 0 Å². The quantitative estimate of drug-likeness (QED) is 0.130. The Morgan fingerprint density at radius 3 is 1.84 bits per heavy atom. The Morgan fingerprint density at radius 1 is 0.806 bits per heavy atom. The van der Waals surface area contributed by atoms with Crippen molar-refractivity contribution in [2.24, 2.45) is 0 Å². The lowest BCUT2D eigenvalue weighted by Gasteiger charge is -2.22. The number of halogens is 1. The van der Waals surface area contributed by atoms with Crippen molar-refractivity contribution in [1.29, 1.82) is 0 Å². The SMILES string of the molecule is CCC[C@H](Br)[C@@H](CCC)OCCCCOP(=O)(Oc1ccccc1)Oc1ccccc1.